The first-order valence-corrected chi connectivity index (χ1v) is 9.00. The van der Waals surface area contributed by atoms with E-state index >= 15 is 0 Å². The summed E-state index contributed by atoms with van der Waals surface area (Å²) in [4.78, 5) is 26.4. The van der Waals surface area contributed by atoms with Crippen LogP contribution in [-0.2, 0) is 16.6 Å². The molecule has 0 bridgehead atoms. The molecule has 132 valence electrons. The molecule has 1 aliphatic carbocycles. The summed E-state index contributed by atoms with van der Waals surface area (Å²) in [6, 6.07) is 10.4. The number of nitrogens with zero attached hydrogens (tertiary/aromatic N) is 1. The molecule has 0 atom stereocenters. The van der Waals surface area contributed by atoms with Gasteiger partial charge in [0.1, 0.15) is 5.69 Å². The van der Waals surface area contributed by atoms with Crippen molar-refractivity contribution in [3.63, 3.8) is 0 Å². The molecule has 1 saturated carbocycles. The molecule has 0 unspecified atom stereocenters. The van der Waals surface area contributed by atoms with E-state index in [1.165, 1.54) is 18.4 Å². The van der Waals surface area contributed by atoms with Gasteiger partial charge in [0.05, 0.1) is 0 Å². The molecular formula is C18H22N4O2S. The lowest BCUT2D eigenvalue weighted by Crippen LogP contribution is -2.39. The molecule has 1 aromatic heterocycles. The summed E-state index contributed by atoms with van der Waals surface area (Å²) in [5, 5.41) is 9.50. The van der Waals surface area contributed by atoms with Gasteiger partial charge in [0.2, 0.25) is 5.91 Å². The summed E-state index contributed by atoms with van der Waals surface area (Å²) in [6.07, 6.45) is 5.07. The topological polar surface area (TPSA) is 90.6 Å². The minimum atomic E-state index is -0.340. The van der Waals surface area contributed by atoms with E-state index < -0.39 is 0 Å². The molecule has 1 aromatic carbocycles. The number of aromatic nitrogens is 3. The van der Waals surface area contributed by atoms with Gasteiger partial charge in [-0.25, -0.2) is 0 Å². The highest BCUT2D eigenvalue weighted by Gasteiger charge is 2.35. The van der Waals surface area contributed by atoms with Crippen molar-refractivity contribution in [2.75, 3.05) is 6.54 Å². The maximum Gasteiger partial charge on any atom is 0.273 e. The Morgan fingerprint density at radius 1 is 1.24 bits per heavy atom. The SMILES string of the molecule is O=C(CCc1n[nH]c(=S)[nH]c1=O)NCC1(c2ccccc2)CCCC1. The molecule has 1 amide bonds. The van der Waals surface area contributed by atoms with E-state index in [0.717, 1.165) is 12.8 Å². The van der Waals surface area contributed by atoms with Crippen molar-refractivity contribution in [1.82, 2.24) is 20.5 Å². The van der Waals surface area contributed by atoms with Crippen LogP contribution in [0.3, 0.4) is 0 Å². The van der Waals surface area contributed by atoms with Crippen LogP contribution in [0, 0.1) is 4.77 Å². The quantitative estimate of drug-likeness (QED) is 0.692. The molecule has 3 N–H and O–H groups in total. The zero-order valence-corrected chi connectivity index (χ0v) is 14.8. The normalized spacial score (nSPS) is 15.8. The van der Waals surface area contributed by atoms with Gasteiger partial charge in [-0.15, -0.1) is 0 Å². The minimum absolute atomic E-state index is 0.0321. The number of aryl methyl sites for hydroxylation is 1. The highest BCUT2D eigenvalue weighted by atomic mass is 32.1. The van der Waals surface area contributed by atoms with Crippen LogP contribution in [-0.4, -0.2) is 27.6 Å². The second-order valence-corrected chi connectivity index (χ2v) is 6.99. The predicted molar refractivity (Wildman–Crippen MR) is 98.0 cm³/mol. The second-order valence-electron chi connectivity index (χ2n) is 6.58. The molecule has 0 saturated heterocycles. The first-order chi connectivity index (χ1) is 12.1. The van der Waals surface area contributed by atoms with Gasteiger partial charge in [-0.05, 0) is 30.6 Å². The number of hydrogen-bond acceptors (Lipinski definition) is 4. The fourth-order valence-electron chi connectivity index (χ4n) is 3.54. The summed E-state index contributed by atoms with van der Waals surface area (Å²) in [6.45, 7) is 0.636. The fourth-order valence-corrected chi connectivity index (χ4v) is 3.68. The molecular weight excluding hydrogens is 336 g/mol. The van der Waals surface area contributed by atoms with Crippen LogP contribution in [0.4, 0.5) is 0 Å². The highest BCUT2D eigenvalue weighted by Crippen LogP contribution is 2.40. The lowest BCUT2D eigenvalue weighted by atomic mass is 9.79. The van der Waals surface area contributed by atoms with E-state index in [-0.39, 0.29) is 34.5 Å². The molecule has 0 radical (unpaired) electrons. The molecule has 6 nitrogen and oxygen atoms in total. The van der Waals surface area contributed by atoms with Crippen molar-refractivity contribution < 1.29 is 4.79 Å². The molecule has 1 fully saturated rings. The number of benzene rings is 1. The average molecular weight is 358 g/mol. The fraction of sp³-hybridized carbons (Fsp3) is 0.444. The van der Waals surface area contributed by atoms with Crippen LogP contribution >= 0.6 is 12.2 Å². The van der Waals surface area contributed by atoms with E-state index in [2.05, 4.69) is 44.8 Å². The molecule has 0 aliphatic heterocycles. The van der Waals surface area contributed by atoms with Crippen LogP contribution in [0.2, 0.25) is 0 Å². The van der Waals surface area contributed by atoms with E-state index in [4.69, 9.17) is 12.2 Å². The number of rotatable bonds is 6. The third-order valence-corrected chi connectivity index (χ3v) is 5.13. The van der Waals surface area contributed by atoms with E-state index in [0.29, 0.717) is 12.2 Å². The summed E-state index contributed by atoms with van der Waals surface area (Å²) in [5.74, 6) is -0.0640. The maximum absolute atomic E-state index is 12.2. The van der Waals surface area contributed by atoms with Crippen LogP contribution in [0.25, 0.3) is 0 Å². The number of aromatic amines is 2. The van der Waals surface area contributed by atoms with Gasteiger partial charge >= 0.3 is 0 Å². The summed E-state index contributed by atoms with van der Waals surface area (Å²) >= 11 is 4.80. The molecule has 1 aliphatic rings. The van der Waals surface area contributed by atoms with Gasteiger partial charge in [0, 0.05) is 24.8 Å². The Hall–Kier alpha value is -2.28. The van der Waals surface area contributed by atoms with Crippen LogP contribution in [0.1, 0.15) is 43.4 Å². The number of nitrogens with one attached hydrogen (secondary N) is 3. The summed E-state index contributed by atoms with van der Waals surface area (Å²) in [5.41, 5.74) is 1.28. The van der Waals surface area contributed by atoms with Gasteiger partial charge in [-0.3, -0.25) is 19.7 Å². The van der Waals surface area contributed by atoms with Crippen molar-refractivity contribution in [3.05, 3.63) is 56.7 Å². The molecule has 7 heteroatoms. The number of hydrogen-bond donors (Lipinski definition) is 3. The molecule has 1 heterocycles. The number of H-pyrrole nitrogens is 2. The van der Waals surface area contributed by atoms with E-state index in [1.54, 1.807) is 0 Å². The third-order valence-electron chi connectivity index (χ3n) is 4.94. The molecule has 2 aromatic rings. The summed E-state index contributed by atoms with van der Waals surface area (Å²) in [7, 11) is 0. The Balaban J connectivity index is 1.59. The highest BCUT2D eigenvalue weighted by molar-refractivity contribution is 7.71. The van der Waals surface area contributed by atoms with Crippen LogP contribution < -0.4 is 10.9 Å². The van der Waals surface area contributed by atoms with Gasteiger partial charge < -0.3 is 5.32 Å². The third kappa shape index (κ3) is 4.22. The van der Waals surface area contributed by atoms with Gasteiger partial charge in [0.25, 0.3) is 5.56 Å². The predicted octanol–water partition coefficient (Wildman–Crippen LogP) is 2.39. The Bertz CT molecular complexity index is 838. The van der Waals surface area contributed by atoms with Crippen LogP contribution in [0.5, 0.6) is 0 Å². The molecule has 0 spiro atoms. The Morgan fingerprint density at radius 2 is 1.96 bits per heavy atom. The van der Waals surface area contributed by atoms with Crippen molar-refractivity contribution in [3.8, 4) is 0 Å². The Morgan fingerprint density at radius 3 is 2.64 bits per heavy atom. The van der Waals surface area contributed by atoms with Crippen molar-refractivity contribution in [1.29, 1.82) is 0 Å². The van der Waals surface area contributed by atoms with Crippen molar-refractivity contribution in [2.45, 2.75) is 43.9 Å². The summed E-state index contributed by atoms with van der Waals surface area (Å²) < 4.78 is 0.184. The van der Waals surface area contributed by atoms with Gasteiger partial charge in [-0.2, -0.15) is 5.10 Å². The number of amides is 1. The first kappa shape index (κ1) is 17.5. The number of carbonyl (C=O) groups is 1. The lowest BCUT2D eigenvalue weighted by Gasteiger charge is -2.30. The maximum atomic E-state index is 12.2. The first-order valence-electron chi connectivity index (χ1n) is 8.59. The van der Waals surface area contributed by atoms with Gasteiger partial charge in [0.15, 0.2) is 4.77 Å². The molecule has 25 heavy (non-hydrogen) atoms. The minimum Gasteiger partial charge on any atom is -0.355 e. The average Bonchev–Trinajstić information content (AvgIpc) is 3.10. The standard InChI is InChI=1S/C18H22N4O2S/c23-15(9-8-14-16(24)20-17(25)22-21-14)19-12-18(10-4-5-11-18)13-6-2-1-3-7-13/h1-3,6-7H,4-5,8-12H2,(H,19,23)(H2,20,22,24,25). The van der Waals surface area contributed by atoms with Crippen molar-refractivity contribution in [2.24, 2.45) is 0 Å². The molecule has 3 rings (SSSR count). The van der Waals surface area contributed by atoms with E-state index in [1.807, 2.05) is 6.07 Å². The Labute approximate surface area is 151 Å². The zero-order chi connectivity index (χ0) is 17.7. The zero-order valence-electron chi connectivity index (χ0n) is 14.0. The van der Waals surface area contributed by atoms with Gasteiger partial charge in [-0.1, -0.05) is 43.2 Å². The Kier molecular flexibility index (Phi) is 5.43. The second kappa shape index (κ2) is 7.74. The van der Waals surface area contributed by atoms with Crippen LogP contribution in [0.15, 0.2) is 35.1 Å². The van der Waals surface area contributed by atoms with Crippen molar-refractivity contribution >= 4 is 18.1 Å². The lowest BCUT2D eigenvalue weighted by molar-refractivity contribution is -0.121. The number of carbonyl (C=O) groups excluding carboxylic acids is 1. The monoisotopic (exact) mass is 358 g/mol. The van der Waals surface area contributed by atoms with E-state index in [9.17, 15) is 9.59 Å². The smallest absolute Gasteiger partial charge is 0.273 e. The largest absolute Gasteiger partial charge is 0.355 e.